The molecule has 140 valence electrons. The van der Waals surface area contributed by atoms with Crippen LogP contribution in [-0.2, 0) is 9.59 Å². The van der Waals surface area contributed by atoms with E-state index in [4.69, 9.17) is 11.6 Å². The first-order chi connectivity index (χ1) is 13.1. The van der Waals surface area contributed by atoms with Crippen molar-refractivity contribution in [3.63, 3.8) is 0 Å². The molecule has 0 unspecified atom stereocenters. The summed E-state index contributed by atoms with van der Waals surface area (Å²) >= 11 is 6.42. The molecule has 0 bridgehead atoms. The van der Waals surface area contributed by atoms with Crippen molar-refractivity contribution < 1.29 is 9.59 Å². The Labute approximate surface area is 163 Å². The molecular weight excluding hydrogens is 362 g/mol. The van der Waals surface area contributed by atoms with Crippen molar-refractivity contribution in [1.82, 2.24) is 0 Å². The van der Waals surface area contributed by atoms with Crippen LogP contribution in [0.1, 0.15) is 19.3 Å². The zero-order valence-electron chi connectivity index (χ0n) is 15.0. The number of anilines is 3. The molecule has 0 aromatic heterocycles. The molecular formula is C21H22ClN3O2. The number of carbonyl (C=O) groups excluding carboxylic acids is 2. The molecule has 5 nitrogen and oxygen atoms in total. The Morgan fingerprint density at radius 1 is 1.07 bits per heavy atom. The zero-order chi connectivity index (χ0) is 18.8. The van der Waals surface area contributed by atoms with Gasteiger partial charge in [0.2, 0.25) is 11.8 Å². The number of nitrogens with zero attached hydrogens (tertiary/aromatic N) is 2. The van der Waals surface area contributed by atoms with Crippen LogP contribution in [0.4, 0.5) is 17.1 Å². The maximum absolute atomic E-state index is 12.6. The number of rotatable bonds is 4. The quantitative estimate of drug-likeness (QED) is 0.870. The Morgan fingerprint density at radius 3 is 2.52 bits per heavy atom. The lowest BCUT2D eigenvalue weighted by atomic mass is 10.1. The van der Waals surface area contributed by atoms with Crippen molar-refractivity contribution in [3.05, 3.63) is 53.6 Å². The second kappa shape index (κ2) is 7.61. The number of hydrogen-bond donors (Lipinski definition) is 1. The molecule has 4 rings (SSSR count). The van der Waals surface area contributed by atoms with E-state index in [9.17, 15) is 9.59 Å². The van der Waals surface area contributed by atoms with Gasteiger partial charge in [-0.1, -0.05) is 29.8 Å². The minimum Gasteiger partial charge on any atom is -0.370 e. The van der Waals surface area contributed by atoms with Crippen LogP contribution < -0.4 is 15.1 Å². The van der Waals surface area contributed by atoms with Gasteiger partial charge in [-0.3, -0.25) is 9.59 Å². The molecule has 2 amide bonds. The first-order valence-electron chi connectivity index (χ1n) is 9.32. The van der Waals surface area contributed by atoms with Gasteiger partial charge in [0.15, 0.2) is 0 Å². The van der Waals surface area contributed by atoms with Crippen molar-refractivity contribution in [2.45, 2.75) is 19.3 Å². The van der Waals surface area contributed by atoms with Gasteiger partial charge in [0.1, 0.15) is 0 Å². The van der Waals surface area contributed by atoms with E-state index in [-0.39, 0.29) is 24.2 Å². The van der Waals surface area contributed by atoms with E-state index in [2.05, 4.69) is 10.2 Å². The van der Waals surface area contributed by atoms with E-state index in [1.165, 1.54) is 12.8 Å². The van der Waals surface area contributed by atoms with Gasteiger partial charge in [-0.25, -0.2) is 0 Å². The average molecular weight is 384 g/mol. The highest BCUT2D eigenvalue weighted by atomic mass is 35.5. The number of halogens is 1. The van der Waals surface area contributed by atoms with Crippen molar-refractivity contribution in [3.8, 4) is 0 Å². The Bertz CT molecular complexity index is 850. The highest BCUT2D eigenvalue weighted by Crippen LogP contribution is 2.32. The molecule has 2 aromatic rings. The van der Waals surface area contributed by atoms with Gasteiger partial charge in [-0.05, 0) is 43.2 Å². The Balaban J connectivity index is 1.42. The molecule has 0 saturated carbocycles. The monoisotopic (exact) mass is 383 g/mol. The van der Waals surface area contributed by atoms with Crippen LogP contribution in [0.25, 0.3) is 0 Å². The summed E-state index contributed by atoms with van der Waals surface area (Å²) in [7, 11) is 0. The third-order valence-electron chi connectivity index (χ3n) is 5.23. The van der Waals surface area contributed by atoms with Crippen LogP contribution in [0.2, 0.25) is 5.02 Å². The summed E-state index contributed by atoms with van der Waals surface area (Å²) in [6.07, 6.45) is 2.59. The standard InChI is InChI=1S/C21H22ClN3O2/c22-18-13-16(8-9-19(18)24-10-4-5-11-24)23-21(27)15-12-20(26)25(14-15)17-6-2-1-3-7-17/h1-3,6-9,13,15H,4-5,10-12,14H2,(H,23,27)/t15-/m0/s1. The highest BCUT2D eigenvalue weighted by Gasteiger charge is 2.35. The molecule has 0 aliphatic carbocycles. The van der Waals surface area contributed by atoms with Crippen molar-refractivity contribution in [1.29, 1.82) is 0 Å². The summed E-state index contributed by atoms with van der Waals surface area (Å²) in [6.45, 7) is 2.43. The Morgan fingerprint density at radius 2 is 1.81 bits per heavy atom. The Hall–Kier alpha value is -2.53. The van der Waals surface area contributed by atoms with Gasteiger partial charge < -0.3 is 15.1 Å². The van der Waals surface area contributed by atoms with Gasteiger partial charge >= 0.3 is 0 Å². The lowest BCUT2D eigenvalue weighted by molar-refractivity contribution is -0.122. The predicted octanol–water partition coefficient (Wildman–Crippen LogP) is 3.93. The molecule has 6 heteroatoms. The summed E-state index contributed by atoms with van der Waals surface area (Å²) in [4.78, 5) is 28.9. The topological polar surface area (TPSA) is 52.7 Å². The maximum atomic E-state index is 12.6. The second-order valence-corrected chi connectivity index (χ2v) is 7.50. The number of para-hydroxylation sites is 1. The number of hydrogen-bond acceptors (Lipinski definition) is 3. The van der Waals surface area contributed by atoms with Gasteiger partial charge in [-0.2, -0.15) is 0 Å². The average Bonchev–Trinajstić information content (AvgIpc) is 3.32. The van der Waals surface area contributed by atoms with E-state index in [1.54, 1.807) is 11.0 Å². The maximum Gasteiger partial charge on any atom is 0.229 e. The fraction of sp³-hybridized carbons (Fsp3) is 0.333. The summed E-state index contributed by atoms with van der Waals surface area (Å²) < 4.78 is 0. The Kier molecular flexibility index (Phi) is 5.03. The van der Waals surface area contributed by atoms with Crippen LogP contribution in [0.15, 0.2) is 48.5 Å². The van der Waals surface area contributed by atoms with Gasteiger partial charge in [0.05, 0.1) is 16.6 Å². The van der Waals surface area contributed by atoms with E-state index in [0.29, 0.717) is 17.3 Å². The third-order valence-corrected chi connectivity index (χ3v) is 5.53. The fourth-order valence-corrected chi connectivity index (χ4v) is 4.08. The molecule has 1 atom stereocenters. The van der Waals surface area contributed by atoms with Gasteiger partial charge in [0.25, 0.3) is 0 Å². The lowest BCUT2D eigenvalue weighted by Gasteiger charge is -2.20. The molecule has 1 N–H and O–H groups in total. The van der Waals surface area contributed by atoms with Gasteiger partial charge in [0, 0.05) is 37.4 Å². The zero-order valence-corrected chi connectivity index (χ0v) is 15.8. The molecule has 2 saturated heterocycles. The second-order valence-electron chi connectivity index (χ2n) is 7.09. The van der Waals surface area contributed by atoms with E-state index >= 15 is 0 Å². The molecule has 2 aromatic carbocycles. The summed E-state index contributed by atoms with van der Waals surface area (Å²) in [6, 6.07) is 15.1. The summed E-state index contributed by atoms with van der Waals surface area (Å²) in [5.74, 6) is -0.537. The predicted molar refractivity (Wildman–Crippen MR) is 108 cm³/mol. The summed E-state index contributed by atoms with van der Waals surface area (Å²) in [5, 5.41) is 3.56. The van der Waals surface area contributed by atoms with Gasteiger partial charge in [-0.15, -0.1) is 0 Å². The van der Waals surface area contributed by atoms with E-state index < -0.39 is 0 Å². The first-order valence-corrected chi connectivity index (χ1v) is 9.70. The molecule has 2 aliphatic rings. The molecule has 2 fully saturated rings. The van der Waals surface area contributed by atoms with Crippen LogP contribution in [0, 0.1) is 5.92 Å². The number of nitrogens with one attached hydrogen (secondary N) is 1. The van der Waals surface area contributed by atoms with Crippen molar-refractivity contribution >= 4 is 40.5 Å². The van der Waals surface area contributed by atoms with E-state index in [0.717, 1.165) is 24.5 Å². The normalized spacial score (nSPS) is 19.6. The molecule has 2 aliphatic heterocycles. The SMILES string of the molecule is O=C(Nc1ccc(N2CCCC2)c(Cl)c1)[C@H]1CC(=O)N(c2ccccc2)C1. The highest BCUT2D eigenvalue weighted by molar-refractivity contribution is 6.33. The minimum absolute atomic E-state index is 0.0243. The molecule has 27 heavy (non-hydrogen) atoms. The molecule has 0 spiro atoms. The lowest BCUT2D eigenvalue weighted by Crippen LogP contribution is -2.28. The third kappa shape index (κ3) is 3.78. The van der Waals surface area contributed by atoms with Crippen LogP contribution in [-0.4, -0.2) is 31.4 Å². The van der Waals surface area contributed by atoms with Crippen molar-refractivity contribution in [2.75, 3.05) is 34.8 Å². The number of benzene rings is 2. The van der Waals surface area contributed by atoms with Crippen molar-refractivity contribution in [2.24, 2.45) is 5.92 Å². The smallest absolute Gasteiger partial charge is 0.229 e. The van der Waals surface area contributed by atoms with Crippen LogP contribution in [0.5, 0.6) is 0 Å². The molecule has 2 heterocycles. The molecule has 0 radical (unpaired) electrons. The first kappa shape index (κ1) is 17.9. The fourth-order valence-electron chi connectivity index (χ4n) is 3.78. The number of amides is 2. The number of carbonyl (C=O) groups is 2. The summed E-state index contributed by atoms with van der Waals surface area (Å²) in [5.41, 5.74) is 2.51. The minimum atomic E-state index is -0.366. The van der Waals surface area contributed by atoms with Crippen LogP contribution >= 0.6 is 11.6 Å². The van der Waals surface area contributed by atoms with E-state index in [1.807, 2.05) is 42.5 Å². The van der Waals surface area contributed by atoms with Crippen LogP contribution in [0.3, 0.4) is 0 Å². The largest absolute Gasteiger partial charge is 0.370 e.